The molecular formula is C40H41N3. The molecule has 0 radical (unpaired) electrons. The van der Waals surface area contributed by atoms with Gasteiger partial charge in [-0.1, -0.05) is 109 Å². The van der Waals surface area contributed by atoms with Gasteiger partial charge in [-0.2, -0.15) is 5.26 Å². The molecule has 1 aliphatic carbocycles. The van der Waals surface area contributed by atoms with Crippen LogP contribution >= 0.6 is 0 Å². The number of imidazole rings is 1. The molecule has 0 bridgehead atoms. The van der Waals surface area contributed by atoms with Crippen LogP contribution in [0, 0.1) is 17.2 Å². The molecule has 1 aliphatic rings. The molecule has 43 heavy (non-hydrogen) atoms. The number of aromatic nitrogens is 2. The van der Waals surface area contributed by atoms with Gasteiger partial charge in [-0.3, -0.25) is 4.57 Å². The molecule has 0 saturated heterocycles. The molecule has 0 spiro atoms. The number of hydrogen-bond acceptors (Lipinski definition) is 2. The molecule has 0 amide bonds. The molecule has 1 aromatic heterocycles. The summed E-state index contributed by atoms with van der Waals surface area (Å²) in [5, 5.41) is 9.89. The van der Waals surface area contributed by atoms with Gasteiger partial charge in [0.1, 0.15) is 5.82 Å². The van der Waals surface area contributed by atoms with Crippen LogP contribution < -0.4 is 0 Å². The highest BCUT2D eigenvalue weighted by Crippen LogP contribution is 2.58. The molecule has 5 aromatic rings. The average molecular weight is 564 g/mol. The zero-order valence-corrected chi connectivity index (χ0v) is 26.2. The van der Waals surface area contributed by atoms with Gasteiger partial charge in [0.15, 0.2) is 0 Å². The summed E-state index contributed by atoms with van der Waals surface area (Å²) in [6.45, 7) is 13.9. The first-order valence-electron chi connectivity index (χ1n) is 15.7. The average Bonchev–Trinajstić information content (AvgIpc) is 3.47. The number of nitrogens with zero attached hydrogens (tertiary/aromatic N) is 3. The van der Waals surface area contributed by atoms with Crippen molar-refractivity contribution in [1.29, 1.82) is 5.26 Å². The summed E-state index contributed by atoms with van der Waals surface area (Å²) in [5.41, 5.74) is 11.7. The standard InChI is InChI=1S/C40H41N3/c1-7-32-24-40(32,6)37-18-17-29(33-16-12-11-15-30(33)25-41)21-36(37)39-42-19-20-43(39)38-34(26(2)3)22-31(23-35(38)27(4)5)28-13-9-8-10-14-28/h8-23,26-27,32H,7,24H2,1-6H3/t32-,40?/m0/s1. The molecule has 0 N–H and O–H groups in total. The lowest BCUT2D eigenvalue weighted by molar-refractivity contribution is 0.643. The van der Waals surface area contributed by atoms with Crippen LogP contribution in [-0.2, 0) is 5.41 Å². The monoisotopic (exact) mass is 563 g/mol. The third kappa shape index (κ3) is 5.10. The van der Waals surface area contributed by atoms with Crippen molar-refractivity contribution in [1.82, 2.24) is 9.55 Å². The minimum absolute atomic E-state index is 0.118. The second kappa shape index (κ2) is 11.3. The van der Waals surface area contributed by atoms with Gasteiger partial charge in [0.2, 0.25) is 0 Å². The highest BCUT2D eigenvalue weighted by Gasteiger charge is 2.51. The zero-order valence-electron chi connectivity index (χ0n) is 26.2. The van der Waals surface area contributed by atoms with Gasteiger partial charge >= 0.3 is 0 Å². The third-order valence-electron chi connectivity index (χ3n) is 9.54. The van der Waals surface area contributed by atoms with Gasteiger partial charge in [-0.05, 0) is 92.8 Å². The fraction of sp³-hybridized carbons (Fsp3) is 0.300. The first-order valence-corrected chi connectivity index (χ1v) is 15.7. The lowest BCUT2D eigenvalue weighted by atomic mass is 9.86. The molecule has 0 aliphatic heterocycles. The van der Waals surface area contributed by atoms with Gasteiger partial charge < -0.3 is 0 Å². The highest BCUT2D eigenvalue weighted by atomic mass is 15.1. The first-order chi connectivity index (χ1) is 20.8. The predicted molar refractivity (Wildman–Crippen MR) is 179 cm³/mol. The van der Waals surface area contributed by atoms with Crippen LogP contribution in [0.3, 0.4) is 0 Å². The van der Waals surface area contributed by atoms with E-state index in [1.165, 1.54) is 46.3 Å². The summed E-state index contributed by atoms with van der Waals surface area (Å²) in [6.07, 6.45) is 6.43. The van der Waals surface area contributed by atoms with Crippen molar-refractivity contribution >= 4 is 0 Å². The molecule has 1 heterocycles. The quantitative estimate of drug-likeness (QED) is 0.188. The molecule has 1 unspecified atom stereocenters. The normalized spacial score (nSPS) is 17.8. The summed E-state index contributed by atoms with van der Waals surface area (Å²) < 4.78 is 2.34. The summed E-state index contributed by atoms with van der Waals surface area (Å²) in [5.74, 6) is 2.27. The Hall–Kier alpha value is -4.42. The second-order valence-corrected chi connectivity index (χ2v) is 12.9. The Balaban J connectivity index is 1.61. The maximum Gasteiger partial charge on any atom is 0.144 e. The SMILES string of the molecule is CC[C@H]1CC1(C)c1ccc(-c2ccccc2C#N)cc1-c1nccn1-c1c(C(C)C)cc(-c2ccccc2)cc1C(C)C. The molecule has 3 nitrogen and oxygen atoms in total. The van der Waals surface area contributed by atoms with Gasteiger partial charge in [-0.25, -0.2) is 4.98 Å². The summed E-state index contributed by atoms with van der Waals surface area (Å²) in [4.78, 5) is 5.07. The minimum atomic E-state index is 0.118. The van der Waals surface area contributed by atoms with Crippen LogP contribution in [-0.4, -0.2) is 9.55 Å². The van der Waals surface area contributed by atoms with Gasteiger partial charge in [0.25, 0.3) is 0 Å². The number of hydrogen-bond donors (Lipinski definition) is 0. The van der Waals surface area contributed by atoms with Crippen molar-refractivity contribution in [3.8, 4) is 45.4 Å². The van der Waals surface area contributed by atoms with Crippen molar-refractivity contribution in [3.63, 3.8) is 0 Å². The van der Waals surface area contributed by atoms with Crippen LogP contribution in [0.1, 0.15) is 88.5 Å². The van der Waals surface area contributed by atoms with Crippen molar-refractivity contribution in [2.24, 2.45) is 5.92 Å². The van der Waals surface area contributed by atoms with E-state index in [2.05, 4.69) is 119 Å². The van der Waals surface area contributed by atoms with E-state index >= 15 is 0 Å². The van der Waals surface area contributed by atoms with Crippen LogP contribution in [0.4, 0.5) is 0 Å². The molecule has 216 valence electrons. The third-order valence-corrected chi connectivity index (χ3v) is 9.54. The lowest BCUT2D eigenvalue weighted by Crippen LogP contribution is -2.12. The first kappa shape index (κ1) is 28.7. The molecule has 1 saturated carbocycles. The van der Waals surface area contributed by atoms with E-state index in [1.807, 2.05) is 30.5 Å². The molecule has 1 fully saturated rings. The highest BCUT2D eigenvalue weighted by molar-refractivity contribution is 5.79. The summed E-state index contributed by atoms with van der Waals surface area (Å²) in [6, 6.07) is 32.5. The topological polar surface area (TPSA) is 41.6 Å². The van der Waals surface area contributed by atoms with Crippen molar-refractivity contribution < 1.29 is 0 Å². The Kier molecular flexibility index (Phi) is 7.57. The molecule has 4 aromatic carbocycles. The van der Waals surface area contributed by atoms with Crippen LogP contribution in [0.5, 0.6) is 0 Å². The molecular weight excluding hydrogens is 522 g/mol. The fourth-order valence-electron chi connectivity index (χ4n) is 6.92. The zero-order chi connectivity index (χ0) is 30.3. The van der Waals surface area contributed by atoms with Crippen molar-refractivity contribution in [2.45, 2.75) is 71.6 Å². The Labute approximate surface area is 256 Å². The van der Waals surface area contributed by atoms with Crippen LogP contribution in [0.25, 0.3) is 39.3 Å². The smallest absolute Gasteiger partial charge is 0.144 e. The summed E-state index contributed by atoms with van der Waals surface area (Å²) in [7, 11) is 0. The van der Waals surface area contributed by atoms with E-state index < -0.39 is 0 Å². The lowest BCUT2D eigenvalue weighted by Gasteiger charge is -2.25. The van der Waals surface area contributed by atoms with Gasteiger partial charge in [0, 0.05) is 18.0 Å². The van der Waals surface area contributed by atoms with Crippen molar-refractivity contribution in [2.75, 3.05) is 0 Å². The van der Waals surface area contributed by atoms with Crippen LogP contribution in [0.15, 0.2) is 97.3 Å². The number of rotatable bonds is 8. The molecule has 6 rings (SSSR count). The van der Waals surface area contributed by atoms with Gasteiger partial charge in [0.05, 0.1) is 17.3 Å². The fourth-order valence-corrected chi connectivity index (χ4v) is 6.92. The van der Waals surface area contributed by atoms with Crippen LogP contribution in [0.2, 0.25) is 0 Å². The minimum Gasteiger partial charge on any atom is -0.299 e. The maximum absolute atomic E-state index is 9.89. The second-order valence-electron chi connectivity index (χ2n) is 12.9. The Morgan fingerprint density at radius 1 is 0.837 bits per heavy atom. The Morgan fingerprint density at radius 3 is 2.14 bits per heavy atom. The van der Waals surface area contributed by atoms with E-state index in [9.17, 15) is 5.26 Å². The number of benzene rings is 4. The molecule has 3 heteroatoms. The Bertz CT molecular complexity index is 1790. The Morgan fingerprint density at radius 2 is 1.51 bits per heavy atom. The predicted octanol–water partition coefficient (Wildman–Crippen LogP) is 10.7. The summed E-state index contributed by atoms with van der Waals surface area (Å²) >= 11 is 0. The number of nitriles is 1. The van der Waals surface area contributed by atoms with E-state index in [-0.39, 0.29) is 5.41 Å². The molecule has 2 atom stereocenters. The van der Waals surface area contributed by atoms with Gasteiger partial charge in [-0.15, -0.1) is 0 Å². The van der Waals surface area contributed by atoms with E-state index in [0.717, 1.165) is 22.5 Å². The van der Waals surface area contributed by atoms with E-state index in [4.69, 9.17) is 4.98 Å². The van der Waals surface area contributed by atoms with Crippen molar-refractivity contribution in [3.05, 3.63) is 120 Å². The van der Waals surface area contributed by atoms with E-state index in [1.54, 1.807) is 0 Å². The maximum atomic E-state index is 9.89. The largest absolute Gasteiger partial charge is 0.299 e. The van der Waals surface area contributed by atoms with E-state index in [0.29, 0.717) is 23.3 Å².